The third-order valence-electron chi connectivity index (χ3n) is 3.55. The Morgan fingerprint density at radius 1 is 1.26 bits per heavy atom. The van der Waals surface area contributed by atoms with Crippen molar-refractivity contribution >= 4 is 11.9 Å². The molecule has 0 aromatic heterocycles. The first-order chi connectivity index (χ1) is 9.08. The van der Waals surface area contributed by atoms with E-state index in [9.17, 15) is 9.59 Å². The molecule has 1 amide bonds. The fourth-order valence-corrected chi connectivity index (χ4v) is 2.51. The van der Waals surface area contributed by atoms with Gasteiger partial charge in [0.2, 0.25) is 0 Å². The van der Waals surface area contributed by atoms with E-state index in [0.717, 1.165) is 32.4 Å². The van der Waals surface area contributed by atoms with Crippen molar-refractivity contribution in [2.24, 2.45) is 5.92 Å². The zero-order valence-electron chi connectivity index (χ0n) is 11.1. The Morgan fingerprint density at radius 3 is 2.74 bits per heavy atom. The second-order valence-electron chi connectivity index (χ2n) is 5.24. The van der Waals surface area contributed by atoms with Gasteiger partial charge in [0.05, 0.1) is 5.56 Å². The van der Waals surface area contributed by atoms with Crippen LogP contribution < -0.4 is 0 Å². The summed E-state index contributed by atoms with van der Waals surface area (Å²) in [5.74, 6) is -0.551. The number of rotatable bonds is 2. The maximum atomic E-state index is 12.4. The fraction of sp³-hybridized carbons (Fsp3) is 0.467. The number of likely N-dealkylation sites (tertiary alicyclic amines) is 1. The number of carboxylic acid groups (broad SMARTS) is 1. The highest BCUT2D eigenvalue weighted by Gasteiger charge is 2.21. The minimum atomic E-state index is -1.00. The second kappa shape index (κ2) is 5.87. The lowest BCUT2D eigenvalue weighted by Crippen LogP contribution is -2.34. The SMILES string of the molecule is CC1CCCCN(C(=O)c2cccc(C(=O)O)c2)C1. The molecule has 0 saturated carbocycles. The summed E-state index contributed by atoms with van der Waals surface area (Å²) >= 11 is 0. The lowest BCUT2D eigenvalue weighted by Gasteiger charge is -2.23. The number of carbonyl (C=O) groups excluding carboxylic acids is 1. The number of benzene rings is 1. The molecule has 1 fully saturated rings. The Hall–Kier alpha value is -1.84. The summed E-state index contributed by atoms with van der Waals surface area (Å²) in [6.45, 7) is 3.68. The zero-order chi connectivity index (χ0) is 13.8. The predicted octanol–water partition coefficient (Wildman–Crippen LogP) is 2.65. The highest BCUT2D eigenvalue weighted by molar-refractivity contribution is 5.97. The molecule has 102 valence electrons. The second-order valence-corrected chi connectivity index (χ2v) is 5.24. The fourth-order valence-electron chi connectivity index (χ4n) is 2.51. The number of aromatic carboxylic acids is 1. The maximum Gasteiger partial charge on any atom is 0.335 e. The number of carboxylic acids is 1. The van der Waals surface area contributed by atoms with Crippen LogP contribution in [-0.4, -0.2) is 35.0 Å². The van der Waals surface area contributed by atoms with Gasteiger partial charge in [0.15, 0.2) is 0 Å². The van der Waals surface area contributed by atoms with E-state index < -0.39 is 5.97 Å². The molecular weight excluding hydrogens is 242 g/mol. The smallest absolute Gasteiger partial charge is 0.335 e. The molecule has 4 heteroatoms. The molecule has 1 unspecified atom stereocenters. The van der Waals surface area contributed by atoms with E-state index in [1.165, 1.54) is 12.1 Å². The molecule has 1 aliphatic rings. The summed E-state index contributed by atoms with van der Waals surface area (Å²) < 4.78 is 0. The predicted molar refractivity (Wildman–Crippen MR) is 72.3 cm³/mol. The van der Waals surface area contributed by atoms with Gasteiger partial charge in [0, 0.05) is 18.7 Å². The molecule has 0 spiro atoms. The Bertz CT molecular complexity index is 484. The van der Waals surface area contributed by atoms with Gasteiger partial charge in [0.1, 0.15) is 0 Å². The van der Waals surface area contributed by atoms with E-state index in [1.807, 2.05) is 4.90 Å². The zero-order valence-corrected chi connectivity index (χ0v) is 11.1. The van der Waals surface area contributed by atoms with Crippen molar-refractivity contribution in [1.29, 1.82) is 0 Å². The van der Waals surface area contributed by atoms with Crippen LogP contribution in [-0.2, 0) is 0 Å². The maximum absolute atomic E-state index is 12.4. The molecule has 1 aromatic rings. The van der Waals surface area contributed by atoms with E-state index in [1.54, 1.807) is 12.1 Å². The highest BCUT2D eigenvalue weighted by atomic mass is 16.4. The van der Waals surface area contributed by atoms with Crippen molar-refractivity contribution in [3.05, 3.63) is 35.4 Å². The summed E-state index contributed by atoms with van der Waals surface area (Å²) in [4.78, 5) is 25.2. The third-order valence-corrected chi connectivity index (χ3v) is 3.55. The van der Waals surface area contributed by atoms with Crippen LogP contribution in [0.2, 0.25) is 0 Å². The number of nitrogens with zero attached hydrogens (tertiary/aromatic N) is 1. The average molecular weight is 261 g/mol. The van der Waals surface area contributed by atoms with Gasteiger partial charge in [-0.15, -0.1) is 0 Å². The summed E-state index contributed by atoms with van der Waals surface area (Å²) in [5, 5.41) is 8.96. The van der Waals surface area contributed by atoms with Crippen LogP contribution in [0.1, 0.15) is 46.9 Å². The Labute approximate surface area is 113 Å². The summed E-state index contributed by atoms with van der Waals surface area (Å²) in [5.41, 5.74) is 0.628. The molecule has 1 heterocycles. The first-order valence-electron chi connectivity index (χ1n) is 6.70. The largest absolute Gasteiger partial charge is 0.478 e. The van der Waals surface area contributed by atoms with Crippen LogP contribution >= 0.6 is 0 Å². The molecule has 1 aliphatic heterocycles. The minimum Gasteiger partial charge on any atom is -0.478 e. The van der Waals surface area contributed by atoms with E-state index in [0.29, 0.717) is 11.5 Å². The first-order valence-corrected chi connectivity index (χ1v) is 6.70. The molecular formula is C15H19NO3. The minimum absolute atomic E-state index is 0.0585. The van der Waals surface area contributed by atoms with Crippen molar-refractivity contribution in [3.8, 4) is 0 Å². The van der Waals surface area contributed by atoms with Crippen molar-refractivity contribution in [2.75, 3.05) is 13.1 Å². The normalized spacial score (nSPS) is 19.8. The molecule has 1 aromatic carbocycles. The van der Waals surface area contributed by atoms with Gasteiger partial charge >= 0.3 is 5.97 Å². The van der Waals surface area contributed by atoms with Crippen LogP contribution in [0, 0.1) is 5.92 Å². The Kier molecular flexibility index (Phi) is 4.20. The van der Waals surface area contributed by atoms with Gasteiger partial charge in [-0.05, 0) is 37.0 Å². The molecule has 1 N–H and O–H groups in total. The molecule has 1 saturated heterocycles. The van der Waals surface area contributed by atoms with Crippen LogP contribution in [0.15, 0.2) is 24.3 Å². The summed E-state index contributed by atoms with van der Waals surface area (Å²) in [6, 6.07) is 6.27. The van der Waals surface area contributed by atoms with Crippen molar-refractivity contribution in [2.45, 2.75) is 26.2 Å². The third kappa shape index (κ3) is 3.34. The van der Waals surface area contributed by atoms with Crippen LogP contribution in [0.4, 0.5) is 0 Å². The number of carbonyl (C=O) groups is 2. The quantitative estimate of drug-likeness (QED) is 0.890. The lowest BCUT2D eigenvalue weighted by atomic mass is 10.1. The van der Waals surface area contributed by atoms with E-state index in [4.69, 9.17) is 5.11 Å². The number of hydrogen-bond donors (Lipinski definition) is 1. The van der Waals surface area contributed by atoms with Crippen LogP contribution in [0.3, 0.4) is 0 Å². The molecule has 0 aliphatic carbocycles. The Balaban J connectivity index is 2.18. The molecule has 2 rings (SSSR count). The highest BCUT2D eigenvalue weighted by Crippen LogP contribution is 2.18. The van der Waals surface area contributed by atoms with Gasteiger partial charge < -0.3 is 10.0 Å². The Morgan fingerprint density at radius 2 is 2.00 bits per heavy atom. The van der Waals surface area contributed by atoms with Gasteiger partial charge in [0.25, 0.3) is 5.91 Å². The van der Waals surface area contributed by atoms with Gasteiger partial charge in [-0.1, -0.05) is 19.4 Å². The molecule has 0 bridgehead atoms. The van der Waals surface area contributed by atoms with Crippen LogP contribution in [0.5, 0.6) is 0 Å². The number of amides is 1. The topological polar surface area (TPSA) is 57.6 Å². The number of hydrogen-bond acceptors (Lipinski definition) is 2. The van der Waals surface area contributed by atoms with Crippen molar-refractivity contribution in [3.63, 3.8) is 0 Å². The molecule has 0 radical (unpaired) electrons. The first kappa shape index (κ1) is 13.6. The average Bonchev–Trinajstić information content (AvgIpc) is 2.62. The van der Waals surface area contributed by atoms with Gasteiger partial charge in [-0.2, -0.15) is 0 Å². The van der Waals surface area contributed by atoms with E-state index in [2.05, 4.69) is 6.92 Å². The lowest BCUT2D eigenvalue weighted by molar-refractivity contribution is 0.0697. The monoisotopic (exact) mass is 261 g/mol. The van der Waals surface area contributed by atoms with Crippen molar-refractivity contribution in [1.82, 2.24) is 4.90 Å². The molecule has 4 nitrogen and oxygen atoms in total. The van der Waals surface area contributed by atoms with Crippen molar-refractivity contribution < 1.29 is 14.7 Å². The molecule has 1 atom stereocenters. The standard InChI is InChI=1S/C15H19NO3/c1-11-5-2-3-8-16(10-11)14(17)12-6-4-7-13(9-12)15(18)19/h4,6-7,9,11H,2-3,5,8,10H2,1H3,(H,18,19). The molecule has 19 heavy (non-hydrogen) atoms. The van der Waals surface area contributed by atoms with Gasteiger partial charge in [-0.25, -0.2) is 4.79 Å². The van der Waals surface area contributed by atoms with Gasteiger partial charge in [-0.3, -0.25) is 4.79 Å². The summed E-state index contributed by atoms with van der Waals surface area (Å²) in [7, 11) is 0. The van der Waals surface area contributed by atoms with E-state index >= 15 is 0 Å². The van der Waals surface area contributed by atoms with Crippen LogP contribution in [0.25, 0.3) is 0 Å². The summed E-state index contributed by atoms with van der Waals surface area (Å²) in [6.07, 6.45) is 3.33. The van der Waals surface area contributed by atoms with E-state index in [-0.39, 0.29) is 11.5 Å².